The Hall–Kier alpha value is -1.31. The van der Waals surface area contributed by atoms with Crippen LogP contribution < -0.4 is 15.2 Å². The molecule has 1 rings (SSSR count). The van der Waals surface area contributed by atoms with Gasteiger partial charge in [-0.2, -0.15) is 0 Å². The fraction of sp³-hybridized carbons (Fsp3) is 0.538. The number of aliphatic hydroxyl groups is 1. The second-order valence-corrected chi connectivity index (χ2v) is 6.41. The Balaban J connectivity index is 2.29. The number of sulfonamides is 1. The molecule has 0 spiro atoms. The number of benzene rings is 1. The number of anilines is 1. The van der Waals surface area contributed by atoms with Crippen molar-refractivity contribution in [1.29, 1.82) is 0 Å². The van der Waals surface area contributed by atoms with Gasteiger partial charge in [-0.25, -0.2) is 13.1 Å². The third-order valence-corrected chi connectivity index (χ3v) is 4.10. The van der Waals surface area contributed by atoms with Crippen molar-refractivity contribution in [2.24, 2.45) is 0 Å². The van der Waals surface area contributed by atoms with Gasteiger partial charge in [-0.15, -0.1) is 0 Å². The van der Waals surface area contributed by atoms with Crippen LogP contribution >= 0.6 is 0 Å². The first-order valence-corrected chi connectivity index (χ1v) is 8.22. The molecule has 0 amide bonds. The van der Waals surface area contributed by atoms with Crippen molar-refractivity contribution in [1.82, 2.24) is 4.72 Å². The molecule has 0 bridgehead atoms. The summed E-state index contributed by atoms with van der Waals surface area (Å²) < 4.78 is 31.1. The highest BCUT2D eigenvalue weighted by Gasteiger charge is 2.11. The van der Waals surface area contributed by atoms with E-state index < -0.39 is 16.1 Å². The Labute approximate surface area is 120 Å². The highest BCUT2D eigenvalue weighted by Crippen LogP contribution is 2.14. The molecule has 0 aromatic heterocycles. The van der Waals surface area contributed by atoms with E-state index in [0.29, 0.717) is 24.3 Å². The van der Waals surface area contributed by atoms with Crippen molar-refractivity contribution in [2.45, 2.75) is 25.9 Å². The zero-order chi connectivity index (χ0) is 15.0. The number of rotatable bonds is 9. The summed E-state index contributed by atoms with van der Waals surface area (Å²) in [5.41, 5.74) is 6.16. The summed E-state index contributed by atoms with van der Waals surface area (Å²) in [7, 11) is -3.38. The second kappa shape index (κ2) is 8.08. The van der Waals surface area contributed by atoms with Crippen molar-refractivity contribution in [3.05, 3.63) is 24.3 Å². The van der Waals surface area contributed by atoms with E-state index in [1.165, 1.54) is 0 Å². The van der Waals surface area contributed by atoms with Gasteiger partial charge in [-0.1, -0.05) is 13.0 Å². The van der Waals surface area contributed by atoms with Gasteiger partial charge in [0.15, 0.2) is 0 Å². The van der Waals surface area contributed by atoms with Gasteiger partial charge in [0.05, 0.1) is 11.9 Å². The molecule has 1 aromatic rings. The summed E-state index contributed by atoms with van der Waals surface area (Å²) in [6.45, 7) is 2.13. The van der Waals surface area contributed by atoms with Crippen molar-refractivity contribution < 1.29 is 18.3 Å². The maximum absolute atomic E-state index is 11.7. The third kappa shape index (κ3) is 6.74. The number of nitrogens with two attached hydrogens (primary N) is 1. The summed E-state index contributed by atoms with van der Waals surface area (Å²) >= 11 is 0. The summed E-state index contributed by atoms with van der Waals surface area (Å²) in [5, 5.41) is 9.33. The van der Waals surface area contributed by atoms with Gasteiger partial charge in [0.1, 0.15) is 12.4 Å². The Morgan fingerprint density at radius 1 is 1.45 bits per heavy atom. The lowest BCUT2D eigenvalue weighted by Crippen LogP contribution is -2.31. The van der Waals surface area contributed by atoms with Gasteiger partial charge >= 0.3 is 0 Å². The Morgan fingerprint density at radius 2 is 2.20 bits per heavy atom. The minimum Gasteiger partial charge on any atom is -0.492 e. The van der Waals surface area contributed by atoms with Crippen LogP contribution in [0.3, 0.4) is 0 Å². The van der Waals surface area contributed by atoms with Gasteiger partial charge in [0.2, 0.25) is 10.0 Å². The largest absolute Gasteiger partial charge is 0.492 e. The molecule has 7 heteroatoms. The Bertz CT molecular complexity index is 505. The first-order chi connectivity index (χ1) is 9.43. The van der Waals surface area contributed by atoms with E-state index in [2.05, 4.69) is 4.72 Å². The smallest absolute Gasteiger partial charge is 0.214 e. The van der Waals surface area contributed by atoms with Gasteiger partial charge in [0, 0.05) is 18.3 Å². The second-order valence-electron chi connectivity index (χ2n) is 4.48. The number of hydrogen-bond donors (Lipinski definition) is 3. The van der Waals surface area contributed by atoms with Crippen LogP contribution in [-0.2, 0) is 10.0 Å². The molecule has 1 aromatic carbocycles. The molecule has 0 radical (unpaired) electrons. The molecule has 0 heterocycles. The van der Waals surface area contributed by atoms with E-state index in [9.17, 15) is 13.5 Å². The average Bonchev–Trinajstić information content (AvgIpc) is 2.38. The summed E-state index contributed by atoms with van der Waals surface area (Å²) in [6.07, 6.45) is 0.549. The first-order valence-electron chi connectivity index (χ1n) is 6.56. The van der Waals surface area contributed by atoms with Crippen LogP contribution in [0.4, 0.5) is 5.69 Å². The topological polar surface area (TPSA) is 102 Å². The Morgan fingerprint density at radius 3 is 2.85 bits per heavy atom. The zero-order valence-corrected chi connectivity index (χ0v) is 12.4. The average molecular weight is 302 g/mol. The van der Waals surface area contributed by atoms with E-state index in [1.54, 1.807) is 24.3 Å². The first kappa shape index (κ1) is 16.7. The van der Waals surface area contributed by atoms with Gasteiger partial charge < -0.3 is 15.6 Å². The number of nitrogens with one attached hydrogen (secondary N) is 1. The van der Waals surface area contributed by atoms with Gasteiger partial charge in [0.25, 0.3) is 0 Å². The minimum atomic E-state index is -3.38. The molecule has 0 fully saturated rings. The molecule has 0 aliphatic heterocycles. The lowest BCUT2D eigenvalue weighted by molar-refractivity contribution is 0.162. The minimum absolute atomic E-state index is 0.0507. The number of aliphatic hydroxyl groups excluding tert-OH is 1. The summed E-state index contributed by atoms with van der Waals surface area (Å²) in [4.78, 5) is 0. The molecular weight excluding hydrogens is 280 g/mol. The third-order valence-electron chi connectivity index (χ3n) is 2.75. The van der Waals surface area contributed by atoms with E-state index >= 15 is 0 Å². The standard InChI is InChI=1S/C13H22N2O4S/c1-2-12(16)6-7-15-20(17,18)9-8-19-13-5-3-4-11(14)10-13/h3-5,10,12,15-16H,2,6-9,14H2,1H3. The van der Waals surface area contributed by atoms with Gasteiger partial charge in [-0.05, 0) is 25.0 Å². The van der Waals surface area contributed by atoms with Crippen LogP contribution in [-0.4, -0.2) is 38.5 Å². The van der Waals surface area contributed by atoms with E-state index in [4.69, 9.17) is 10.5 Å². The monoisotopic (exact) mass is 302 g/mol. The van der Waals surface area contributed by atoms with Crippen molar-refractivity contribution in [3.8, 4) is 5.75 Å². The molecule has 114 valence electrons. The van der Waals surface area contributed by atoms with E-state index in [1.807, 2.05) is 6.92 Å². The van der Waals surface area contributed by atoms with E-state index in [0.717, 1.165) is 0 Å². The lowest BCUT2D eigenvalue weighted by atomic mass is 10.2. The molecule has 6 nitrogen and oxygen atoms in total. The Kier molecular flexibility index (Phi) is 6.77. The van der Waals surface area contributed by atoms with Crippen LogP contribution in [0.25, 0.3) is 0 Å². The normalized spacial score (nSPS) is 13.1. The zero-order valence-electron chi connectivity index (χ0n) is 11.6. The predicted octanol–water partition coefficient (Wildman–Crippen LogP) is 0.728. The van der Waals surface area contributed by atoms with Crippen molar-refractivity contribution in [3.63, 3.8) is 0 Å². The van der Waals surface area contributed by atoms with Crippen LogP contribution in [0.5, 0.6) is 5.75 Å². The number of ether oxygens (including phenoxy) is 1. The fourth-order valence-corrected chi connectivity index (χ4v) is 2.41. The highest BCUT2D eigenvalue weighted by molar-refractivity contribution is 7.89. The highest BCUT2D eigenvalue weighted by atomic mass is 32.2. The van der Waals surface area contributed by atoms with Crippen molar-refractivity contribution >= 4 is 15.7 Å². The molecule has 20 heavy (non-hydrogen) atoms. The lowest BCUT2D eigenvalue weighted by Gasteiger charge is -2.10. The summed E-state index contributed by atoms with van der Waals surface area (Å²) in [5.74, 6) is 0.408. The SMILES string of the molecule is CCC(O)CCNS(=O)(=O)CCOc1cccc(N)c1. The molecular formula is C13H22N2O4S. The predicted molar refractivity (Wildman–Crippen MR) is 79.1 cm³/mol. The molecule has 1 atom stereocenters. The number of hydrogen-bond acceptors (Lipinski definition) is 5. The molecule has 0 aliphatic rings. The molecule has 4 N–H and O–H groups in total. The fourth-order valence-electron chi connectivity index (χ4n) is 1.53. The number of nitrogen functional groups attached to an aromatic ring is 1. The summed E-state index contributed by atoms with van der Waals surface area (Å²) in [6, 6.07) is 6.82. The molecule has 1 unspecified atom stereocenters. The van der Waals surface area contributed by atoms with Crippen LogP contribution in [0.15, 0.2) is 24.3 Å². The van der Waals surface area contributed by atoms with E-state index in [-0.39, 0.29) is 18.9 Å². The quantitative estimate of drug-likeness (QED) is 0.584. The van der Waals surface area contributed by atoms with Crippen LogP contribution in [0.1, 0.15) is 19.8 Å². The maximum Gasteiger partial charge on any atom is 0.214 e. The van der Waals surface area contributed by atoms with Crippen LogP contribution in [0, 0.1) is 0 Å². The molecule has 0 aliphatic carbocycles. The maximum atomic E-state index is 11.7. The molecule has 0 saturated carbocycles. The van der Waals surface area contributed by atoms with Gasteiger partial charge in [-0.3, -0.25) is 0 Å². The van der Waals surface area contributed by atoms with Crippen LogP contribution in [0.2, 0.25) is 0 Å². The van der Waals surface area contributed by atoms with Crippen molar-refractivity contribution in [2.75, 3.05) is 24.6 Å². The molecule has 0 saturated heterocycles.